The number of carbonyl (C=O) groups is 2. The van der Waals surface area contributed by atoms with Crippen LogP contribution in [0.25, 0.3) is 0 Å². The van der Waals surface area contributed by atoms with Gasteiger partial charge in [-0.05, 0) is 112 Å². The van der Waals surface area contributed by atoms with E-state index in [9.17, 15) is 14.7 Å². The molecule has 0 aromatic heterocycles. The summed E-state index contributed by atoms with van der Waals surface area (Å²) in [4.78, 5) is 24.9. The maximum Gasteiger partial charge on any atom is 0.185 e. The lowest BCUT2D eigenvalue weighted by Gasteiger charge is -2.25. The highest BCUT2D eigenvalue weighted by Gasteiger charge is 2.29. The Hall–Kier alpha value is -2.00. The summed E-state index contributed by atoms with van der Waals surface area (Å²) in [5.74, 6) is -0.0841. The van der Waals surface area contributed by atoms with Crippen molar-refractivity contribution >= 4 is 11.6 Å². The highest BCUT2D eigenvalue weighted by Crippen LogP contribution is 2.30. The quantitative estimate of drug-likeness (QED) is 0.244. The molecule has 3 heteroatoms. The number of hydrogen-bond acceptors (Lipinski definition) is 3. The van der Waals surface area contributed by atoms with Crippen molar-refractivity contribution < 1.29 is 14.7 Å². The molecule has 0 unspecified atom stereocenters. The number of hydrogen-bond donors (Lipinski definition) is 1. The molecule has 0 bridgehead atoms. The summed E-state index contributed by atoms with van der Waals surface area (Å²) in [6, 6.07) is 0. The monoisotopic (exact) mass is 452 g/mol. The van der Waals surface area contributed by atoms with Gasteiger partial charge < -0.3 is 5.11 Å². The molecule has 0 aromatic rings. The summed E-state index contributed by atoms with van der Waals surface area (Å²) in [6.07, 6.45) is 17.9. The van der Waals surface area contributed by atoms with E-state index in [0.29, 0.717) is 41.6 Å². The number of aliphatic hydroxyl groups is 1. The smallest absolute Gasteiger partial charge is 0.185 e. The summed E-state index contributed by atoms with van der Waals surface area (Å²) >= 11 is 0. The Kier molecular flexibility index (Phi) is 10.3. The first-order valence-electron chi connectivity index (χ1n) is 12.7. The third-order valence-corrected chi connectivity index (χ3v) is 7.40. The zero-order valence-electron chi connectivity index (χ0n) is 21.8. The second-order valence-electron chi connectivity index (χ2n) is 10.4. The lowest BCUT2D eigenvalue weighted by Crippen LogP contribution is -2.26. The van der Waals surface area contributed by atoms with Gasteiger partial charge in [-0.1, -0.05) is 34.9 Å². The van der Waals surface area contributed by atoms with Crippen LogP contribution in [0.5, 0.6) is 0 Å². The van der Waals surface area contributed by atoms with Crippen molar-refractivity contribution in [2.45, 2.75) is 118 Å². The fraction of sp³-hybridized carbons (Fsp3) is 0.600. The summed E-state index contributed by atoms with van der Waals surface area (Å²) < 4.78 is 0. The molecule has 3 nitrogen and oxygen atoms in total. The fourth-order valence-electron chi connectivity index (χ4n) is 4.44. The topological polar surface area (TPSA) is 54.4 Å². The van der Waals surface area contributed by atoms with Crippen molar-refractivity contribution in [2.75, 3.05) is 0 Å². The van der Waals surface area contributed by atoms with Gasteiger partial charge in [0.25, 0.3) is 0 Å². The van der Waals surface area contributed by atoms with Crippen LogP contribution in [0.2, 0.25) is 0 Å². The van der Waals surface area contributed by atoms with Crippen LogP contribution in [0.3, 0.4) is 0 Å². The third-order valence-electron chi connectivity index (χ3n) is 7.40. The van der Waals surface area contributed by atoms with Crippen molar-refractivity contribution in [3.8, 4) is 0 Å². The van der Waals surface area contributed by atoms with Gasteiger partial charge in [0.1, 0.15) is 0 Å². The molecule has 1 fully saturated rings. The summed E-state index contributed by atoms with van der Waals surface area (Å²) in [5.41, 5.74) is 5.81. The second-order valence-corrected chi connectivity index (χ2v) is 10.4. The minimum atomic E-state index is -0.858. The molecular weight excluding hydrogens is 408 g/mol. The molecule has 0 saturated heterocycles. The largest absolute Gasteiger partial charge is 0.390 e. The molecule has 1 N–H and O–H groups in total. The Bertz CT molecular complexity index is 897. The number of rotatable bonds is 12. The van der Waals surface area contributed by atoms with Crippen LogP contribution in [-0.2, 0) is 9.59 Å². The maximum absolute atomic E-state index is 12.6. The first-order valence-corrected chi connectivity index (χ1v) is 12.7. The molecular formula is C30H44O3. The fourth-order valence-corrected chi connectivity index (χ4v) is 4.44. The van der Waals surface area contributed by atoms with Crippen LogP contribution in [-0.4, -0.2) is 22.3 Å². The van der Waals surface area contributed by atoms with Gasteiger partial charge in [0.2, 0.25) is 0 Å². The van der Waals surface area contributed by atoms with E-state index in [1.54, 1.807) is 26.3 Å². The summed E-state index contributed by atoms with van der Waals surface area (Å²) in [6.45, 7) is 11.4. The number of ketones is 2. The molecule has 0 radical (unpaired) electrons. The van der Waals surface area contributed by atoms with E-state index in [1.165, 1.54) is 36.8 Å². The third kappa shape index (κ3) is 8.37. The predicted octanol–water partition coefficient (Wildman–Crippen LogP) is 7.67. The van der Waals surface area contributed by atoms with Gasteiger partial charge in [0.15, 0.2) is 11.6 Å². The van der Waals surface area contributed by atoms with Crippen LogP contribution >= 0.6 is 0 Å². The Morgan fingerprint density at radius 3 is 2.03 bits per heavy atom. The van der Waals surface area contributed by atoms with Crippen molar-refractivity contribution in [1.82, 2.24) is 0 Å². The number of carbonyl (C=O) groups excluding carboxylic acids is 2. The van der Waals surface area contributed by atoms with E-state index < -0.39 is 5.60 Å². The van der Waals surface area contributed by atoms with Gasteiger partial charge in [-0.15, -0.1) is 0 Å². The SMILES string of the molecule is CC1=C(C)C(=O)C(CC[C@](C)(O)CC/C=C(\C)CC/C=C(\C)CCC=C2CCC2)=C(C)C1=O. The molecule has 0 spiro atoms. The normalized spacial score (nSPS) is 19.8. The highest BCUT2D eigenvalue weighted by molar-refractivity contribution is 6.24. The first kappa shape index (κ1) is 27.2. The Morgan fingerprint density at radius 2 is 1.42 bits per heavy atom. The molecule has 2 aliphatic rings. The van der Waals surface area contributed by atoms with Crippen molar-refractivity contribution in [3.63, 3.8) is 0 Å². The molecule has 0 amide bonds. The van der Waals surface area contributed by atoms with E-state index in [-0.39, 0.29) is 11.6 Å². The minimum absolute atomic E-state index is 0.0417. The number of Topliss-reactive ketones (excluding diaryl/α,β-unsaturated/α-hetero) is 2. The lowest BCUT2D eigenvalue weighted by atomic mass is 9.82. The van der Waals surface area contributed by atoms with Gasteiger partial charge in [-0.25, -0.2) is 0 Å². The molecule has 0 heterocycles. The van der Waals surface area contributed by atoms with Crippen LogP contribution in [0.4, 0.5) is 0 Å². The van der Waals surface area contributed by atoms with E-state index >= 15 is 0 Å². The second kappa shape index (κ2) is 12.5. The molecule has 2 rings (SSSR count). The molecule has 0 aliphatic heterocycles. The van der Waals surface area contributed by atoms with Crippen molar-refractivity contribution in [1.29, 1.82) is 0 Å². The average molecular weight is 453 g/mol. The lowest BCUT2D eigenvalue weighted by molar-refractivity contribution is -0.116. The van der Waals surface area contributed by atoms with Crippen molar-refractivity contribution in [2.24, 2.45) is 0 Å². The number of allylic oxidation sites excluding steroid dienone is 10. The van der Waals surface area contributed by atoms with E-state index in [2.05, 4.69) is 32.1 Å². The van der Waals surface area contributed by atoms with Gasteiger partial charge in [0, 0.05) is 22.3 Å². The zero-order chi connectivity index (χ0) is 24.6. The van der Waals surface area contributed by atoms with Crippen LogP contribution < -0.4 is 0 Å². The molecule has 0 aromatic carbocycles. The van der Waals surface area contributed by atoms with E-state index in [4.69, 9.17) is 0 Å². The maximum atomic E-state index is 12.6. The molecule has 33 heavy (non-hydrogen) atoms. The first-order chi connectivity index (χ1) is 15.5. The van der Waals surface area contributed by atoms with Crippen molar-refractivity contribution in [3.05, 3.63) is 57.2 Å². The summed E-state index contributed by atoms with van der Waals surface area (Å²) in [7, 11) is 0. The Labute approximate surface area is 201 Å². The van der Waals surface area contributed by atoms with Crippen LogP contribution in [0, 0.1) is 0 Å². The molecule has 2 aliphatic carbocycles. The van der Waals surface area contributed by atoms with Gasteiger partial charge >= 0.3 is 0 Å². The van der Waals surface area contributed by atoms with Gasteiger partial charge in [-0.2, -0.15) is 0 Å². The molecule has 1 saturated carbocycles. The van der Waals surface area contributed by atoms with E-state index in [0.717, 1.165) is 25.7 Å². The standard InChI is InChI=1S/C30H44O3/c1-21(13-8-15-26-16-9-17-26)11-7-12-22(2)14-10-19-30(6,33)20-18-27-25(5)28(31)23(3)24(4)29(27)32/h11,14-15,33H,7-10,12-13,16-20H2,1-6H3/b21-11+,22-14+/t30-/m1/s1. The van der Waals surface area contributed by atoms with Gasteiger partial charge in [-0.3, -0.25) is 9.59 Å². The Morgan fingerprint density at radius 1 is 0.848 bits per heavy atom. The van der Waals surface area contributed by atoms with E-state index in [1.807, 2.05) is 6.92 Å². The predicted molar refractivity (Wildman–Crippen MR) is 138 cm³/mol. The molecule has 1 atom stereocenters. The van der Waals surface area contributed by atoms with Gasteiger partial charge in [0.05, 0.1) is 5.60 Å². The minimum Gasteiger partial charge on any atom is -0.390 e. The van der Waals surface area contributed by atoms with Crippen LogP contribution in [0.1, 0.15) is 112 Å². The van der Waals surface area contributed by atoms with Crippen LogP contribution in [0.15, 0.2) is 57.2 Å². The summed E-state index contributed by atoms with van der Waals surface area (Å²) in [5, 5.41) is 10.8. The zero-order valence-corrected chi connectivity index (χ0v) is 21.8. The molecule has 182 valence electrons. The highest BCUT2D eigenvalue weighted by atomic mass is 16.3. The Balaban J connectivity index is 1.73. The average Bonchev–Trinajstić information content (AvgIpc) is 2.72.